The minimum atomic E-state index is -1.30. The Kier molecular flexibility index (Phi) is 8.89. The highest BCUT2D eigenvalue weighted by atomic mass is 32.1. The molecule has 47 heavy (non-hydrogen) atoms. The number of hydrogen-bond donors (Lipinski definition) is 3. The lowest BCUT2D eigenvalue weighted by Gasteiger charge is -2.83. The van der Waals surface area contributed by atoms with Crippen LogP contribution < -0.4 is 5.73 Å². The van der Waals surface area contributed by atoms with Crippen LogP contribution in [0.2, 0.25) is 0 Å². The molecule has 1 aromatic heterocycles. The van der Waals surface area contributed by atoms with Crippen molar-refractivity contribution >= 4 is 35.2 Å². The number of aliphatic hydroxyl groups excluding tert-OH is 1. The molecule has 5 aliphatic carbocycles. The van der Waals surface area contributed by atoms with Crippen LogP contribution in [0, 0.1) is 22.2 Å². The Hall–Kier alpha value is -2.80. The fraction of sp³-hybridized carbons (Fsp3) is 0.714. The van der Waals surface area contributed by atoms with Crippen LogP contribution >= 0.6 is 11.3 Å². The summed E-state index contributed by atoms with van der Waals surface area (Å²) in [5, 5.41) is 25.6. The fourth-order valence-corrected chi connectivity index (χ4v) is 10.8. The lowest BCUT2D eigenvalue weighted by Crippen LogP contribution is -2.88. The van der Waals surface area contributed by atoms with Crippen LogP contribution in [-0.2, 0) is 39.8 Å². The number of aliphatic hydroxyl groups is 2. The van der Waals surface area contributed by atoms with Gasteiger partial charge >= 0.3 is 18.0 Å². The van der Waals surface area contributed by atoms with Gasteiger partial charge in [-0.05, 0) is 75.0 Å². The van der Waals surface area contributed by atoms with E-state index in [1.54, 1.807) is 25.2 Å². The first kappa shape index (κ1) is 34.1. The first-order valence-electron chi connectivity index (χ1n) is 16.9. The second-order valence-corrected chi connectivity index (χ2v) is 15.6. The second-order valence-electron chi connectivity index (χ2n) is 14.5. The Labute approximate surface area is 279 Å². The van der Waals surface area contributed by atoms with E-state index in [0.29, 0.717) is 30.6 Å². The zero-order valence-electron chi connectivity index (χ0n) is 27.6. The van der Waals surface area contributed by atoms with Gasteiger partial charge in [0.15, 0.2) is 11.9 Å². The number of carbonyl (C=O) groups is 4. The van der Waals surface area contributed by atoms with Gasteiger partial charge < -0.3 is 34.9 Å². The van der Waals surface area contributed by atoms with Crippen LogP contribution in [0.1, 0.15) is 90.4 Å². The lowest BCUT2D eigenvalue weighted by molar-refractivity contribution is -0.388. The monoisotopic (exact) mass is 673 g/mol. The maximum atomic E-state index is 14.4. The van der Waals surface area contributed by atoms with Crippen LogP contribution in [0.3, 0.4) is 0 Å². The fourth-order valence-electron chi connectivity index (χ4n) is 10.1. The molecule has 1 aliphatic heterocycles. The first-order chi connectivity index (χ1) is 22.2. The van der Waals surface area contributed by atoms with Crippen molar-refractivity contribution < 1.29 is 48.3 Å². The van der Waals surface area contributed by atoms with Gasteiger partial charge in [-0.2, -0.15) is 0 Å². The molecule has 9 atom stereocenters. The molecule has 6 aliphatic rings. The minimum absolute atomic E-state index is 0.0133. The van der Waals surface area contributed by atoms with Crippen LogP contribution in [0.15, 0.2) is 28.7 Å². The van der Waals surface area contributed by atoms with E-state index in [-0.39, 0.29) is 55.6 Å². The van der Waals surface area contributed by atoms with Crippen molar-refractivity contribution in [1.82, 2.24) is 0 Å². The molecule has 1 saturated heterocycles. The maximum absolute atomic E-state index is 14.4. The number of esters is 2. The molecule has 7 rings (SSSR count). The summed E-state index contributed by atoms with van der Waals surface area (Å²) in [6, 6.07) is 3.91. The molecule has 5 fully saturated rings. The number of fused-ring (bicyclic) bond motifs is 1. The summed E-state index contributed by atoms with van der Waals surface area (Å²) in [7, 11) is 0. The number of thiophene rings is 1. The highest BCUT2D eigenvalue weighted by Gasteiger charge is 2.89. The van der Waals surface area contributed by atoms with E-state index < -0.39 is 52.2 Å². The zero-order chi connectivity index (χ0) is 33.9. The largest absolute Gasteiger partial charge is 0.458 e. The quantitative estimate of drug-likeness (QED) is 0.217. The van der Waals surface area contributed by atoms with E-state index in [4.69, 9.17) is 24.7 Å². The van der Waals surface area contributed by atoms with Gasteiger partial charge in [0.05, 0.1) is 36.3 Å². The van der Waals surface area contributed by atoms with Gasteiger partial charge in [0.1, 0.15) is 12.2 Å². The summed E-state index contributed by atoms with van der Waals surface area (Å²) in [6.07, 6.45) is 2.29. The number of primary amides is 1. The molecule has 3 unspecified atom stereocenters. The van der Waals surface area contributed by atoms with Crippen molar-refractivity contribution in [3.63, 3.8) is 0 Å². The lowest BCUT2D eigenvalue weighted by atomic mass is 9.22. The van der Waals surface area contributed by atoms with E-state index >= 15 is 0 Å². The van der Waals surface area contributed by atoms with Crippen LogP contribution in [0.25, 0.3) is 0 Å². The number of nitrogens with two attached hydrogens (primary N) is 1. The van der Waals surface area contributed by atoms with Crippen molar-refractivity contribution in [2.24, 2.45) is 27.9 Å². The normalized spacial score (nSPS) is 40.0. The molecular weight excluding hydrogens is 626 g/mol. The van der Waals surface area contributed by atoms with Crippen molar-refractivity contribution in [3.05, 3.63) is 33.5 Å². The van der Waals surface area contributed by atoms with E-state index in [9.17, 15) is 29.4 Å². The third-order valence-corrected chi connectivity index (χ3v) is 13.5. The number of rotatable bonds is 7. The highest BCUT2D eigenvalue weighted by molar-refractivity contribution is 7.09. The third-order valence-electron chi connectivity index (χ3n) is 12.5. The summed E-state index contributed by atoms with van der Waals surface area (Å²) >= 11 is 1.58. The number of ether oxygens (including phenoxy) is 4. The maximum Gasteiger partial charge on any atom is 0.404 e. The third kappa shape index (κ3) is 4.99. The van der Waals surface area contributed by atoms with Crippen LogP contribution in [0.5, 0.6) is 0 Å². The molecule has 1 spiro atoms. The SMILES string of the molecule is CCC(=O)OC1C(=O)[C@]2(C)C(O)C[C@H]3OC[C@H]3C23C[C@]2(O)C[C@H](OC(=O)CCc4cccs4)C(C)=C1[C@]32C.NC(=O)OC1CCCC1. The van der Waals surface area contributed by atoms with E-state index in [1.165, 1.54) is 0 Å². The van der Waals surface area contributed by atoms with Crippen molar-refractivity contribution in [3.8, 4) is 0 Å². The molecule has 12 heteroatoms. The number of hydrogen-bond acceptors (Lipinski definition) is 11. The zero-order valence-corrected chi connectivity index (χ0v) is 28.4. The number of aryl methyl sites for hydroxylation is 1. The molecule has 1 amide bonds. The predicted molar refractivity (Wildman–Crippen MR) is 170 cm³/mol. The molecule has 1 aromatic rings. The number of carbonyl (C=O) groups excluding carboxylic acids is 4. The molecule has 0 aromatic carbocycles. The molecule has 2 heterocycles. The Balaban J connectivity index is 0.000000373. The van der Waals surface area contributed by atoms with Gasteiger partial charge in [0.2, 0.25) is 0 Å². The summed E-state index contributed by atoms with van der Waals surface area (Å²) in [6.45, 7) is 7.68. The Bertz CT molecular complexity index is 1450. The summed E-state index contributed by atoms with van der Waals surface area (Å²) in [4.78, 5) is 51.1. The average molecular weight is 674 g/mol. The van der Waals surface area contributed by atoms with E-state index in [0.717, 1.165) is 30.6 Å². The topological polar surface area (TPSA) is 172 Å². The standard InChI is InChI=1S/C29H36O8S.C6H11NO2/c1-5-21(31)37-24-23-15(2)19(36-22(32)9-8-16-7-6-10-38-16)12-28(34)14-29(27(23,28)4)17-13-35-18(17)11-20(30)26(29,3)25(24)33;7-6(8)9-5-3-1-2-4-5/h6-7,10,17-20,24,30,34H,5,8-9,11-14H2,1-4H3;5H,1-4H2,(H2,7,8)/t17-,18-,19+,20?,24?,26+,27+,28-,29?;/m1./s1. The summed E-state index contributed by atoms with van der Waals surface area (Å²) in [5.41, 5.74) is 1.78. The van der Waals surface area contributed by atoms with Gasteiger partial charge in [0.25, 0.3) is 0 Å². The second kappa shape index (κ2) is 12.3. The molecule has 0 radical (unpaired) electrons. The van der Waals surface area contributed by atoms with Crippen molar-refractivity contribution in [1.29, 1.82) is 0 Å². The van der Waals surface area contributed by atoms with Gasteiger partial charge in [0, 0.05) is 40.9 Å². The van der Waals surface area contributed by atoms with Crippen LogP contribution in [-0.4, -0.2) is 76.8 Å². The van der Waals surface area contributed by atoms with Crippen molar-refractivity contribution in [2.75, 3.05) is 6.61 Å². The highest BCUT2D eigenvalue weighted by Crippen LogP contribution is 2.84. The number of ketones is 1. The molecular formula is C35H47NO10S. The number of amides is 1. The van der Waals surface area contributed by atoms with E-state index in [2.05, 4.69) is 0 Å². The smallest absolute Gasteiger partial charge is 0.404 e. The number of Topliss-reactive ketones (excluding diaryl/α,β-unsaturated/α-hetero) is 1. The first-order valence-corrected chi connectivity index (χ1v) is 17.8. The molecule has 4 saturated carbocycles. The van der Waals surface area contributed by atoms with Gasteiger partial charge in [-0.15, -0.1) is 11.3 Å². The van der Waals surface area contributed by atoms with Crippen molar-refractivity contribution in [2.45, 2.75) is 128 Å². The Morgan fingerprint density at radius 2 is 1.85 bits per heavy atom. The Morgan fingerprint density at radius 1 is 1.13 bits per heavy atom. The Morgan fingerprint density at radius 3 is 2.45 bits per heavy atom. The summed E-state index contributed by atoms with van der Waals surface area (Å²) < 4.78 is 22.3. The summed E-state index contributed by atoms with van der Waals surface area (Å²) in [5.74, 6) is -1.26. The predicted octanol–water partition coefficient (Wildman–Crippen LogP) is 4.15. The molecule has 11 nitrogen and oxygen atoms in total. The molecule has 258 valence electrons. The molecule has 0 bridgehead atoms. The minimum Gasteiger partial charge on any atom is -0.458 e. The van der Waals surface area contributed by atoms with Gasteiger partial charge in [-0.1, -0.05) is 19.9 Å². The molecule has 4 N–H and O–H groups in total. The van der Waals surface area contributed by atoms with Gasteiger partial charge in [-0.25, -0.2) is 4.79 Å². The average Bonchev–Trinajstić information content (AvgIpc) is 3.73. The van der Waals surface area contributed by atoms with Crippen LogP contribution in [0.4, 0.5) is 4.79 Å². The van der Waals surface area contributed by atoms with Gasteiger partial charge in [-0.3, -0.25) is 14.4 Å². The van der Waals surface area contributed by atoms with E-state index in [1.807, 2.05) is 31.4 Å².